The summed E-state index contributed by atoms with van der Waals surface area (Å²) in [5, 5.41) is 4.62. The van der Waals surface area contributed by atoms with Crippen molar-refractivity contribution in [2.75, 3.05) is 5.32 Å². The lowest BCUT2D eigenvalue weighted by Gasteiger charge is -2.09. The third-order valence-corrected chi connectivity index (χ3v) is 4.90. The van der Waals surface area contributed by atoms with Gasteiger partial charge in [-0.05, 0) is 31.0 Å². The number of esters is 1. The maximum atomic E-state index is 12.3. The molecule has 1 aromatic carbocycles. The van der Waals surface area contributed by atoms with E-state index in [2.05, 4.69) is 10.3 Å². The van der Waals surface area contributed by atoms with E-state index in [1.54, 1.807) is 24.3 Å². The zero-order chi connectivity index (χ0) is 20.3. The summed E-state index contributed by atoms with van der Waals surface area (Å²) >= 11 is 1.36. The molecule has 0 saturated carbocycles. The van der Waals surface area contributed by atoms with Crippen molar-refractivity contribution in [2.24, 2.45) is 5.92 Å². The maximum Gasteiger partial charge on any atom is 0.338 e. The van der Waals surface area contributed by atoms with Crippen LogP contribution in [-0.2, 0) is 16.1 Å². The monoisotopic (exact) mass is 399 g/mol. The SMILES string of the molecule is Cc1csc2nc(COC(=O)c3cccc(NC(=O)CC(C)C)c3)cc(=O)n12. The number of aromatic nitrogens is 2. The zero-order valence-electron chi connectivity index (χ0n) is 15.9. The highest BCUT2D eigenvalue weighted by Crippen LogP contribution is 2.15. The Bertz CT molecular complexity index is 1080. The number of carbonyl (C=O) groups is 2. The fraction of sp³-hybridized carbons (Fsp3) is 0.300. The number of rotatable bonds is 6. The molecule has 0 radical (unpaired) electrons. The van der Waals surface area contributed by atoms with E-state index in [0.29, 0.717) is 28.3 Å². The minimum atomic E-state index is -0.552. The Kier molecular flexibility index (Phi) is 5.89. The van der Waals surface area contributed by atoms with E-state index in [1.807, 2.05) is 26.2 Å². The average molecular weight is 399 g/mol. The van der Waals surface area contributed by atoms with Crippen LogP contribution in [0.15, 0.2) is 40.5 Å². The van der Waals surface area contributed by atoms with Gasteiger partial charge in [0.25, 0.3) is 5.56 Å². The molecule has 0 spiro atoms. The third-order valence-electron chi connectivity index (χ3n) is 3.96. The maximum absolute atomic E-state index is 12.3. The lowest BCUT2D eigenvalue weighted by Crippen LogP contribution is -2.16. The first kappa shape index (κ1) is 19.8. The van der Waals surface area contributed by atoms with Crippen LogP contribution in [0.2, 0.25) is 0 Å². The van der Waals surface area contributed by atoms with Gasteiger partial charge in [-0.25, -0.2) is 9.78 Å². The van der Waals surface area contributed by atoms with Crippen molar-refractivity contribution in [3.05, 3.63) is 63.0 Å². The second-order valence-electron chi connectivity index (χ2n) is 6.88. The van der Waals surface area contributed by atoms with Crippen LogP contribution < -0.4 is 10.9 Å². The standard InChI is InChI=1S/C20H21N3O4S/c1-12(2)7-17(24)21-15-6-4-5-14(8-15)19(26)27-10-16-9-18(25)23-13(3)11-28-20(23)22-16/h4-6,8-9,11-12H,7,10H2,1-3H3,(H,21,24). The Morgan fingerprint density at radius 3 is 2.82 bits per heavy atom. The predicted molar refractivity (Wildman–Crippen MR) is 108 cm³/mol. The van der Waals surface area contributed by atoms with Gasteiger partial charge in [-0.1, -0.05) is 19.9 Å². The number of nitrogens with one attached hydrogen (secondary N) is 1. The van der Waals surface area contributed by atoms with Crippen LogP contribution in [0.4, 0.5) is 5.69 Å². The number of fused-ring (bicyclic) bond motifs is 1. The van der Waals surface area contributed by atoms with Crippen LogP contribution in [0.1, 0.15) is 42.0 Å². The number of thiazole rings is 1. The molecule has 0 aliphatic carbocycles. The van der Waals surface area contributed by atoms with Crippen molar-refractivity contribution in [3.63, 3.8) is 0 Å². The van der Waals surface area contributed by atoms with Crippen LogP contribution in [-0.4, -0.2) is 21.3 Å². The number of nitrogens with zero attached hydrogens (tertiary/aromatic N) is 2. The van der Waals surface area contributed by atoms with Crippen LogP contribution in [0.25, 0.3) is 4.96 Å². The van der Waals surface area contributed by atoms with Crippen molar-refractivity contribution in [1.29, 1.82) is 0 Å². The fourth-order valence-corrected chi connectivity index (χ4v) is 3.60. The second kappa shape index (κ2) is 8.35. The molecule has 0 saturated heterocycles. The van der Waals surface area contributed by atoms with Gasteiger partial charge in [0.2, 0.25) is 5.91 Å². The van der Waals surface area contributed by atoms with Crippen molar-refractivity contribution < 1.29 is 14.3 Å². The van der Waals surface area contributed by atoms with Crippen LogP contribution in [0, 0.1) is 12.8 Å². The van der Waals surface area contributed by atoms with E-state index < -0.39 is 5.97 Å². The van der Waals surface area contributed by atoms with Crippen molar-refractivity contribution >= 4 is 33.9 Å². The van der Waals surface area contributed by atoms with Crippen LogP contribution >= 0.6 is 11.3 Å². The summed E-state index contributed by atoms with van der Waals surface area (Å²) < 4.78 is 6.80. The fourth-order valence-electron chi connectivity index (χ4n) is 2.70. The van der Waals surface area contributed by atoms with Crippen LogP contribution in [0.3, 0.4) is 0 Å². The summed E-state index contributed by atoms with van der Waals surface area (Å²) in [6.45, 7) is 5.65. The molecule has 0 aliphatic heterocycles. The first-order valence-corrected chi connectivity index (χ1v) is 9.75. The number of hydrogen-bond acceptors (Lipinski definition) is 6. The molecule has 8 heteroatoms. The zero-order valence-corrected chi connectivity index (χ0v) is 16.7. The first-order chi connectivity index (χ1) is 13.3. The normalized spacial score (nSPS) is 11.0. The Balaban J connectivity index is 1.67. The summed E-state index contributed by atoms with van der Waals surface area (Å²) in [6, 6.07) is 7.92. The number of aryl methyl sites for hydroxylation is 1. The van der Waals surface area contributed by atoms with Crippen molar-refractivity contribution in [2.45, 2.75) is 33.8 Å². The number of hydrogen-bond donors (Lipinski definition) is 1. The molecule has 0 aliphatic rings. The summed E-state index contributed by atoms with van der Waals surface area (Å²) in [7, 11) is 0. The topological polar surface area (TPSA) is 89.8 Å². The predicted octanol–water partition coefficient (Wildman–Crippen LogP) is 3.41. The summed E-state index contributed by atoms with van der Waals surface area (Å²) in [5.41, 5.74) is 1.85. The van der Waals surface area contributed by atoms with E-state index in [0.717, 1.165) is 5.69 Å². The van der Waals surface area contributed by atoms with Gasteiger partial charge in [0.15, 0.2) is 4.96 Å². The molecule has 0 unspecified atom stereocenters. The van der Waals surface area contributed by atoms with Gasteiger partial charge < -0.3 is 10.1 Å². The Hall–Kier alpha value is -3.00. The molecule has 2 aromatic heterocycles. The van der Waals surface area contributed by atoms with E-state index in [4.69, 9.17) is 4.74 Å². The lowest BCUT2D eigenvalue weighted by atomic mass is 10.1. The number of ether oxygens (including phenoxy) is 1. The van der Waals surface area contributed by atoms with Crippen LogP contribution in [0.5, 0.6) is 0 Å². The molecule has 1 amide bonds. The molecule has 0 bridgehead atoms. The van der Waals surface area contributed by atoms with E-state index >= 15 is 0 Å². The largest absolute Gasteiger partial charge is 0.456 e. The molecule has 7 nitrogen and oxygen atoms in total. The molecule has 1 N–H and O–H groups in total. The minimum Gasteiger partial charge on any atom is -0.456 e. The minimum absolute atomic E-state index is 0.106. The Morgan fingerprint density at radius 2 is 2.07 bits per heavy atom. The molecular formula is C20H21N3O4S. The second-order valence-corrected chi connectivity index (χ2v) is 7.72. The highest BCUT2D eigenvalue weighted by Gasteiger charge is 2.12. The van der Waals surface area contributed by atoms with Crippen molar-refractivity contribution in [3.8, 4) is 0 Å². The van der Waals surface area contributed by atoms with Gasteiger partial charge in [-0.3, -0.25) is 14.0 Å². The number of amides is 1. The summed E-state index contributed by atoms with van der Waals surface area (Å²) in [4.78, 5) is 41.3. The molecule has 3 aromatic rings. The van der Waals surface area contributed by atoms with Gasteiger partial charge in [-0.15, -0.1) is 11.3 Å². The Labute approximate surface area is 166 Å². The summed E-state index contributed by atoms with van der Waals surface area (Å²) in [6.07, 6.45) is 0.403. The smallest absolute Gasteiger partial charge is 0.338 e. The van der Waals surface area contributed by atoms with E-state index in [1.165, 1.54) is 21.8 Å². The van der Waals surface area contributed by atoms with E-state index in [-0.39, 0.29) is 24.0 Å². The average Bonchev–Trinajstić information content (AvgIpc) is 3.00. The van der Waals surface area contributed by atoms with Gasteiger partial charge in [0, 0.05) is 29.2 Å². The molecule has 2 heterocycles. The number of carbonyl (C=O) groups excluding carboxylic acids is 2. The van der Waals surface area contributed by atoms with Gasteiger partial charge in [0.05, 0.1) is 11.3 Å². The molecule has 3 rings (SSSR count). The molecule has 0 atom stereocenters. The highest BCUT2D eigenvalue weighted by molar-refractivity contribution is 7.15. The van der Waals surface area contributed by atoms with Gasteiger partial charge in [0.1, 0.15) is 6.61 Å². The van der Waals surface area contributed by atoms with Gasteiger partial charge in [-0.2, -0.15) is 0 Å². The Morgan fingerprint density at radius 1 is 1.29 bits per heavy atom. The third kappa shape index (κ3) is 4.64. The molecule has 0 fully saturated rings. The highest BCUT2D eigenvalue weighted by atomic mass is 32.1. The van der Waals surface area contributed by atoms with E-state index in [9.17, 15) is 14.4 Å². The van der Waals surface area contributed by atoms with Gasteiger partial charge >= 0.3 is 5.97 Å². The quantitative estimate of drug-likeness (QED) is 0.642. The first-order valence-electron chi connectivity index (χ1n) is 8.87. The number of anilines is 1. The van der Waals surface area contributed by atoms with Crippen molar-refractivity contribution in [1.82, 2.24) is 9.38 Å². The summed E-state index contributed by atoms with van der Waals surface area (Å²) in [5.74, 6) is -0.414. The molecule has 28 heavy (non-hydrogen) atoms. The number of benzene rings is 1. The molecule has 146 valence electrons. The lowest BCUT2D eigenvalue weighted by molar-refractivity contribution is -0.116. The molecular weight excluding hydrogens is 378 g/mol.